The van der Waals surface area contributed by atoms with Crippen molar-refractivity contribution in [2.75, 3.05) is 33.4 Å². The number of aromatic nitrogens is 1. The molecule has 2 unspecified atom stereocenters. The molecule has 5 N–H and O–H groups in total. The predicted molar refractivity (Wildman–Crippen MR) is 182 cm³/mol. The number of nitrogens with one attached hydrogen (secondary N) is 3. The Morgan fingerprint density at radius 3 is 2.45 bits per heavy atom. The van der Waals surface area contributed by atoms with Crippen molar-refractivity contribution in [2.24, 2.45) is 0 Å². The van der Waals surface area contributed by atoms with Gasteiger partial charge in [0.2, 0.25) is 17.7 Å². The van der Waals surface area contributed by atoms with Crippen molar-refractivity contribution in [3.8, 4) is 0 Å². The van der Waals surface area contributed by atoms with E-state index in [1.807, 2.05) is 29.3 Å². The molecule has 4 rings (SSSR count). The topological polar surface area (TPSA) is 162 Å². The Balaban J connectivity index is 0.000000391. The first-order valence-electron chi connectivity index (χ1n) is 16.8. The van der Waals surface area contributed by atoms with Gasteiger partial charge >= 0.3 is 0 Å². The molecule has 0 radical (unpaired) electrons. The van der Waals surface area contributed by atoms with Gasteiger partial charge in [0.15, 0.2) is 5.78 Å². The number of unbranched alkanes of at least 4 members (excludes halogenated alkanes) is 3. The molecule has 2 aromatic rings. The third-order valence-electron chi connectivity index (χ3n) is 8.29. The molecule has 1 aromatic heterocycles. The van der Waals surface area contributed by atoms with Gasteiger partial charge in [-0.15, -0.1) is 0 Å². The molecule has 2 aliphatic rings. The summed E-state index contributed by atoms with van der Waals surface area (Å²) in [6.07, 6.45) is 7.99. The number of aliphatic hydroxyl groups is 2. The fraction of sp³-hybridized carbons (Fsp3) is 0.600. The second-order valence-corrected chi connectivity index (χ2v) is 11.9. The number of amides is 3. The molecule has 12 heteroatoms. The lowest BCUT2D eigenvalue weighted by Gasteiger charge is -2.38. The highest BCUT2D eigenvalue weighted by Crippen LogP contribution is 2.22. The van der Waals surface area contributed by atoms with Crippen molar-refractivity contribution in [1.82, 2.24) is 25.6 Å². The summed E-state index contributed by atoms with van der Waals surface area (Å²) in [5, 5.41) is 27.5. The summed E-state index contributed by atoms with van der Waals surface area (Å²) in [5.41, 5.74) is 3.04. The van der Waals surface area contributed by atoms with Gasteiger partial charge in [-0.1, -0.05) is 64.3 Å². The van der Waals surface area contributed by atoms with Gasteiger partial charge < -0.3 is 35.9 Å². The fourth-order valence-electron chi connectivity index (χ4n) is 5.33. The van der Waals surface area contributed by atoms with Gasteiger partial charge in [-0.3, -0.25) is 19.2 Å². The van der Waals surface area contributed by atoms with Crippen LogP contribution in [0.1, 0.15) is 83.6 Å². The standard InChI is InChI=1S/C21H34N4O6.C10H11NO.C4H10/c1-14-11-22-19(29)12-23-20(30)15(7-3-2-4-9-17(27)18(28)13-26)24-21(31)16-8-5-6-10-25(14)16;1-8-7-11(12-2)10-6-4-3-5-9(8)10;1-3-4-2/h15-16,18,26,28H,1-13H2,(H,22,29)(H,23,30)(H,24,31);3-7H,1-2H3;3-4H2,1-2H3/t15-,16?,18?;;/m0../s1. The number of ketones is 1. The molecule has 1 aromatic carbocycles. The molecule has 12 nitrogen and oxygen atoms in total. The maximum absolute atomic E-state index is 13.0. The van der Waals surface area contributed by atoms with E-state index < -0.39 is 36.5 Å². The van der Waals surface area contributed by atoms with Crippen LogP contribution in [0.15, 0.2) is 42.7 Å². The van der Waals surface area contributed by atoms with E-state index >= 15 is 0 Å². The lowest BCUT2D eigenvalue weighted by atomic mass is 9.99. The van der Waals surface area contributed by atoms with Crippen molar-refractivity contribution < 1.29 is 34.2 Å². The summed E-state index contributed by atoms with van der Waals surface area (Å²) in [4.78, 5) is 56.2. The number of nitrogens with zero attached hydrogens (tertiary/aromatic N) is 2. The first-order valence-corrected chi connectivity index (χ1v) is 16.8. The van der Waals surface area contributed by atoms with Gasteiger partial charge in [0.25, 0.3) is 0 Å². The molecule has 0 saturated carbocycles. The van der Waals surface area contributed by atoms with Gasteiger partial charge in [0.1, 0.15) is 25.3 Å². The van der Waals surface area contributed by atoms with E-state index in [4.69, 9.17) is 9.94 Å². The van der Waals surface area contributed by atoms with Crippen LogP contribution >= 0.6 is 0 Å². The largest absolute Gasteiger partial charge is 0.417 e. The number of hydrogen-bond donors (Lipinski definition) is 5. The van der Waals surface area contributed by atoms with Crippen LogP contribution in [0.2, 0.25) is 0 Å². The summed E-state index contributed by atoms with van der Waals surface area (Å²) < 4.78 is 1.78. The third kappa shape index (κ3) is 12.7. The number of hydrogen-bond acceptors (Lipinski definition) is 8. The van der Waals surface area contributed by atoms with Crippen molar-refractivity contribution in [3.63, 3.8) is 0 Å². The van der Waals surface area contributed by atoms with Crippen LogP contribution in [0.3, 0.4) is 0 Å². The lowest BCUT2D eigenvalue weighted by Crippen LogP contribution is -2.56. The zero-order valence-electron chi connectivity index (χ0n) is 28.6. The highest BCUT2D eigenvalue weighted by Gasteiger charge is 2.32. The molecule has 2 fully saturated rings. The van der Waals surface area contributed by atoms with E-state index in [0.29, 0.717) is 44.3 Å². The molecule has 3 atom stereocenters. The fourth-order valence-corrected chi connectivity index (χ4v) is 5.33. The first kappa shape index (κ1) is 39.3. The molecule has 262 valence electrons. The second kappa shape index (κ2) is 21.1. The van der Waals surface area contributed by atoms with Gasteiger partial charge in [0.05, 0.1) is 25.2 Å². The molecule has 2 saturated heterocycles. The molecule has 0 aliphatic carbocycles. The summed E-state index contributed by atoms with van der Waals surface area (Å²) in [5.74, 6) is -1.39. The monoisotopic (exact) mass is 657 g/mol. The Labute approximate surface area is 278 Å². The van der Waals surface area contributed by atoms with Crippen LogP contribution in [0.5, 0.6) is 0 Å². The highest BCUT2D eigenvalue weighted by atomic mass is 16.6. The molecular weight excluding hydrogens is 602 g/mol. The number of fused-ring (bicyclic) bond motifs is 2. The normalized spacial score (nSPS) is 19.2. The van der Waals surface area contributed by atoms with Crippen molar-refractivity contribution >= 4 is 34.4 Å². The Bertz CT molecular complexity index is 1310. The van der Waals surface area contributed by atoms with Gasteiger partial charge in [-0.05, 0) is 50.7 Å². The highest BCUT2D eigenvalue weighted by molar-refractivity contribution is 5.92. The average Bonchev–Trinajstić information content (AvgIpc) is 3.43. The predicted octanol–water partition coefficient (Wildman–Crippen LogP) is 2.77. The smallest absolute Gasteiger partial charge is 0.243 e. The third-order valence-corrected chi connectivity index (χ3v) is 8.29. The zero-order chi connectivity index (χ0) is 34.8. The van der Waals surface area contributed by atoms with Crippen LogP contribution in [-0.2, 0) is 19.2 Å². The molecule has 3 amide bonds. The van der Waals surface area contributed by atoms with Crippen LogP contribution < -0.4 is 20.8 Å². The zero-order valence-corrected chi connectivity index (χ0v) is 28.6. The minimum Gasteiger partial charge on any atom is -0.417 e. The maximum atomic E-state index is 13.0. The molecule has 0 spiro atoms. The number of para-hydroxylation sites is 1. The molecule has 2 aliphatic heterocycles. The van der Waals surface area contributed by atoms with E-state index in [1.54, 1.807) is 11.8 Å². The SMILES string of the molecule is C=C1CNC(=O)CNC(=O)[C@H](CCCCCC(=O)C(O)CO)NC(=O)C2CCCCN12.CCCC.COn1cc(C)c2ccccc21. The summed E-state index contributed by atoms with van der Waals surface area (Å²) in [6, 6.07) is 6.99. The van der Waals surface area contributed by atoms with Gasteiger partial charge in [-0.2, -0.15) is 4.73 Å². The quantitative estimate of drug-likeness (QED) is 0.244. The number of carbonyl (C=O) groups excluding carboxylic acids is 4. The van der Waals surface area contributed by atoms with E-state index in [9.17, 15) is 24.3 Å². The maximum Gasteiger partial charge on any atom is 0.243 e. The van der Waals surface area contributed by atoms with Gasteiger partial charge in [0, 0.05) is 30.2 Å². The number of benzene rings is 1. The number of Topliss-reactive ketones (excluding diaryl/α,β-unsaturated/α-hetero) is 1. The van der Waals surface area contributed by atoms with E-state index in [1.165, 1.54) is 23.8 Å². The van der Waals surface area contributed by atoms with Crippen LogP contribution in [0.4, 0.5) is 0 Å². The minimum absolute atomic E-state index is 0.143. The number of rotatable bonds is 10. The molecular formula is C35H55N5O7. The minimum atomic E-state index is -1.35. The Morgan fingerprint density at radius 2 is 1.77 bits per heavy atom. The Hall–Kier alpha value is -3.90. The first-order chi connectivity index (χ1) is 22.6. The molecule has 3 heterocycles. The van der Waals surface area contributed by atoms with E-state index in [0.717, 1.165) is 18.4 Å². The van der Waals surface area contributed by atoms with Gasteiger partial charge in [-0.25, -0.2) is 0 Å². The molecule has 47 heavy (non-hydrogen) atoms. The summed E-state index contributed by atoms with van der Waals surface area (Å²) >= 11 is 0. The lowest BCUT2D eigenvalue weighted by molar-refractivity contribution is -0.133. The number of aliphatic hydroxyl groups excluding tert-OH is 2. The van der Waals surface area contributed by atoms with Crippen LogP contribution in [-0.4, -0.2) is 94.9 Å². The average molecular weight is 658 g/mol. The number of carbonyl (C=O) groups is 4. The van der Waals surface area contributed by atoms with Crippen LogP contribution in [0.25, 0.3) is 10.9 Å². The second-order valence-electron chi connectivity index (χ2n) is 11.9. The van der Waals surface area contributed by atoms with E-state index in [-0.39, 0.29) is 31.3 Å². The van der Waals surface area contributed by atoms with E-state index in [2.05, 4.69) is 49.4 Å². The Morgan fingerprint density at radius 1 is 1.04 bits per heavy atom. The Kier molecular flexibility index (Phi) is 17.6. The van der Waals surface area contributed by atoms with Crippen LogP contribution in [0, 0.1) is 6.92 Å². The number of piperidine rings is 1. The van der Waals surface area contributed by atoms with Crippen molar-refractivity contribution in [1.29, 1.82) is 0 Å². The number of aryl methyl sites for hydroxylation is 1. The van der Waals surface area contributed by atoms with Crippen molar-refractivity contribution in [2.45, 2.75) is 103 Å². The molecule has 0 bridgehead atoms. The van der Waals surface area contributed by atoms with Crippen molar-refractivity contribution in [3.05, 3.63) is 48.3 Å². The summed E-state index contributed by atoms with van der Waals surface area (Å²) in [6.45, 7) is 10.6. The summed E-state index contributed by atoms with van der Waals surface area (Å²) in [7, 11) is 1.67.